The molecule has 1 amide bonds. The number of piperidine rings is 1. The molecule has 0 radical (unpaired) electrons. The summed E-state index contributed by atoms with van der Waals surface area (Å²) in [5, 5.41) is 3.70. The van der Waals surface area contributed by atoms with Crippen LogP contribution in [0.25, 0.3) is 11.1 Å². The Morgan fingerprint density at radius 2 is 1.76 bits per heavy atom. The van der Waals surface area contributed by atoms with Crippen LogP contribution in [-0.2, 0) is 17.6 Å². The van der Waals surface area contributed by atoms with Gasteiger partial charge in [-0.1, -0.05) is 42.5 Å². The van der Waals surface area contributed by atoms with Crippen LogP contribution >= 0.6 is 0 Å². The molecular weight excluding hydrogens is 356 g/mol. The maximum absolute atomic E-state index is 12.6. The van der Waals surface area contributed by atoms with Crippen LogP contribution in [0.1, 0.15) is 55.2 Å². The molecule has 2 fully saturated rings. The van der Waals surface area contributed by atoms with E-state index in [9.17, 15) is 4.79 Å². The first-order chi connectivity index (χ1) is 14.3. The van der Waals surface area contributed by atoms with Crippen LogP contribution in [0.15, 0.2) is 42.5 Å². The zero-order valence-corrected chi connectivity index (χ0v) is 17.3. The van der Waals surface area contributed by atoms with Gasteiger partial charge in [0.25, 0.3) is 0 Å². The van der Waals surface area contributed by atoms with Crippen molar-refractivity contribution in [2.45, 2.75) is 57.4 Å². The van der Waals surface area contributed by atoms with Gasteiger partial charge in [0.2, 0.25) is 5.91 Å². The van der Waals surface area contributed by atoms with Crippen molar-refractivity contribution in [2.24, 2.45) is 5.92 Å². The molecule has 1 heterocycles. The number of nitrogens with zero attached hydrogens (tertiary/aromatic N) is 1. The standard InChI is InChI=1S/C26H32N2O/c29-26(28-14-12-23(13-15-28)27-18-20-8-9-20)7-3-4-19-10-11-22-17-21-5-1-2-6-24(21)25(22)16-19/h1-2,5-6,10-11,16,20,23,27H,3-4,7-9,12-15,17-18H2. The fraction of sp³-hybridized carbons (Fsp3) is 0.500. The Bertz CT molecular complexity index is 878. The van der Waals surface area contributed by atoms with Gasteiger partial charge in [0.15, 0.2) is 0 Å². The molecule has 29 heavy (non-hydrogen) atoms. The minimum absolute atomic E-state index is 0.345. The van der Waals surface area contributed by atoms with Crippen molar-refractivity contribution < 1.29 is 4.79 Å². The Morgan fingerprint density at radius 3 is 2.59 bits per heavy atom. The van der Waals surface area contributed by atoms with Crippen molar-refractivity contribution >= 4 is 5.91 Å². The van der Waals surface area contributed by atoms with Gasteiger partial charge in [-0.2, -0.15) is 0 Å². The van der Waals surface area contributed by atoms with Crippen molar-refractivity contribution in [1.82, 2.24) is 10.2 Å². The van der Waals surface area contributed by atoms with Gasteiger partial charge in [-0.25, -0.2) is 0 Å². The summed E-state index contributed by atoms with van der Waals surface area (Å²) in [6, 6.07) is 16.2. The van der Waals surface area contributed by atoms with Crippen molar-refractivity contribution in [3.05, 3.63) is 59.2 Å². The fourth-order valence-electron chi connectivity index (χ4n) is 4.92. The van der Waals surface area contributed by atoms with E-state index in [2.05, 4.69) is 52.7 Å². The van der Waals surface area contributed by atoms with Crippen LogP contribution in [0, 0.1) is 5.92 Å². The van der Waals surface area contributed by atoms with E-state index in [1.165, 1.54) is 47.2 Å². The second-order valence-electron chi connectivity index (χ2n) is 9.19. The largest absolute Gasteiger partial charge is 0.343 e. The highest BCUT2D eigenvalue weighted by molar-refractivity contribution is 5.77. The molecule has 3 nitrogen and oxygen atoms in total. The Hall–Kier alpha value is -2.13. The van der Waals surface area contributed by atoms with Gasteiger partial charge < -0.3 is 10.2 Å². The molecule has 0 aromatic heterocycles. The highest BCUT2D eigenvalue weighted by atomic mass is 16.2. The van der Waals surface area contributed by atoms with Crippen molar-refractivity contribution in [3.63, 3.8) is 0 Å². The molecule has 1 aliphatic heterocycles. The van der Waals surface area contributed by atoms with Gasteiger partial charge in [0.1, 0.15) is 0 Å². The van der Waals surface area contributed by atoms with E-state index in [-0.39, 0.29) is 0 Å². The topological polar surface area (TPSA) is 32.3 Å². The van der Waals surface area contributed by atoms with Crippen LogP contribution in [0.5, 0.6) is 0 Å². The number of amides is 1. The van der Waals surface area contributed by atoms with E-state index < -0.39 is 0 Å². The molecule has 0 atom stereocenters. The Labute approximate surface area is 174 Å². The third-order valence-electron chi connectivity index (χ3n) is 6.96. The minimum atomic E-state index is 0.345. The SMILES string of the molecule is O=C(CCCc1ccc2c(c1)-c1ccccc1C2)N1CCC(NCC2CC2)CC1. The summed E-state index contributed by atoms with van der Waals surface area (Å²) >= 11 is 0. The smallest absolute Gasteiger partial charge is 0.222 e. The molecule has 0 bridgehead atoms. The van der Waals surface area contributed by atoms with E-state index in [1.54, 1.807) is 0 Å². The summed E-state index contributed by atoms with van der Waals surface area (Å²) in [4.78, 5) is 14.7. The fourth-order valence-corrected chi connectivity index (χ4v) is 4.92. The Balaban J connectivity index is 1.08. The monoisotopic (exact) mass is 388 g/mol. The summed E-state index contributed by atoms with van der Waals surface area (Å²) < 4.78 is 0. The molecule has 5 rings (SSSR count). The Kier molecular flexibility index (Phi) is 5.41. The summed E-state index contributed by atoms with van der Waals surface area (Å²) in [5.41, 5.74) is 7.01. The number of benzene rings is 2. The number of fused-ring (bicyclic) bond motifs is 3. The minimum Gasteiger partial charge on any atom is -0.343 e. The zero-order chi connectivity index (χ0) is 19.6. The van der Waals surface area contributed by atoms with Crippen LogP contribution < -0.4 is 5.32 Å². The third-order valence-corrected chi connectivity index (χ3v) is 6.96. The van der Waals surface area contributed by atoms with Crippen molar-refractivity contribution in [2.75, 3.05) is 19.6 Å². The van der Waals surface area contributed by atoms with Gasteiger partial charge >= 0.3 is 0 Å². The highest BCUT2D eigenvalue weighted by Gasteiger charge is 2.25. The van der Waals surface area contributed by atoms with Crippen LogP contribution in [0.2, 0.25) is 0 Å². The van der Waals surface area contributed by atoms with Gasteiger partial charge in [-0.05, 0) is 85.2 Å². The molecule has 2 aromatic rings. The maximum atomic E-state index is 12.6. The first kappa shape index (κ1) is 18.9. The number of rotatable bonds is 7. The predicted octanol–water partition coefficient (Wildman–Crippen LogP) is 4.57. The van der Waals surface area contributed by atoms with Gasteiger partial charge in [0.05, 0.1) is 0 Å². The number of hydrogen-bond acceptors (Lipinski definition) is 2. The van der Waals surface area contributed by atoms with Gasteiger partial charge in [-0.15, -0.1) is 0 Å². The number of aryl methyl sites for hydroxylation is 1. The molecular formula is C26H32N2O. The lowest BCUT2D eigenvalue weighted by Crippen LogP contribution is -2.45. The molecule has 1 saturated carbocycles. The van der Waals surface area contributed by atoms with E-state index in [4.69, 9.17) is 0 Å². The summed E-state index contributed by atoms with van der Waals surface area (Å²) in [5.74, 6) is 1.28. The molecule has 152 valence electrons. The summed E-state index contributed by atoms with van der Waals surface area (Å²) in [7, 11) is 0. The molecule has 1 saturated heterocycles. The first-order valence-corrected chi connectivity index (χ1v) is 11.5. The molecule has 3 heteroatoms. The van der Waals surface area contributed by atoms with Gasteiger partial charge in [-0.3, -0.25) is 4.79 Å². The lowest BCUT2D eigenvalue weighted by atomic mass is 9.99. The van der Waals surface area contributed by atoms with Crippen molar-refractivity contribution in [1.29, 1.82) is 0 Å². The molecule has 2 aromatic carbocycles. The lowest BCUT2D eigenvalue weighted by molar-refractivity contribution is -0.132. The highest BCUT2D eigenvalue weighted by Crippen LogP contribution is 2.37. The van der Waals surface area contributed by atoms with E-state index in [0.717, 1.165) is 51.1 Å². The maximum Gasteiger partial charge on any atom is 0.222 e. The second kappa shape index (κ2) is 8.31. The Morgan fingerprint density at radius 1 is 0.966 bits per heavy atom. The lowest BCUT2D eigenvalue weighted by Gasteiger charge is -2.32. The van der Waals surface area contributed by atoms with E-state index >= 15 is 0 Å². The zero-order valence-electron chi connectivity index (χ0n) is 17.3. The quantitative estimate of drug-likeness (QED) is 0.643. The first-order valence-electron chi connectivity index (χ1n) is 11.5. The van der Waals surface area contributed by atoms with E-state index in [0.29, 0.717) is 18.4 Å². The summed E-state index contributed by atoms with van der Waals surface area (Å²) in [6.07, 6.45) is 8.69. The van der Waals surface area contributed by atoms with Crippen LogP contribution in [-0.4, -0.2) is 36.5 Å². The normalized spacial score (nSPS) is 18.6. The molecule has 0 spiro atoms. The predicted molar refractivity (Wildman–Crippen MR) is 118 cm³/mol. The second-order valence-corrected chi connectivity index (χ2v) is 9.19. The average Bonchev–Trinajstić information content (AvgIpc) is 3.52. The van der Waals surface area contributed by atoms with Crippen molar-refractivity contribution in [3.8, 4) is 11.1 Å². The molecule has 3 aliphatic rings. The number of carbonyl (C=O) groups excluding carboxylic acids is 1. The summed E-state index contributed by atoms with van der Waals surface area (Å²) in [6.45, 7) is 3.04. The molecule has 1 N–H and O–H groups in total. The van der Waals surface area contributed by atoms with Gasteiger partial charge in [0, 0.05) is 25.6 Å². The molecule has 2 aliphatic carbocycles. The number of likely N-dealkylation sites (tertiary alicyclic amines) is 1. The molecule has 0 unspecified atom stereocenters. The number of nitrogens with one attached hydrogen (secondary N) is 1. The number of carbonyl (C=O) groups is 1. The third kappa shape index (κ3) is 4.40. The average molecular weight is 389 g/mol. The van der Waals surface area contributed by atoms with E-state index in [1.807, 2.05) is 0 Å². The number of hydrogen-bond donors (Lipinski definition) is 1. The van der Waals surface area contributed by atoms with Crippen LogP contribution in [0.4, 0.5) is 0 Å². The van der Waals surface area contributed by atoms with Crippen LogP contribution in [0.3, 0.4) is 0 Å².